The number of carboxylic acids is 2. The summed E-state index contributed by atoms with van der Waals surface area (Å²) in [6, 6.07) is 0. The predicted molar refractivity (Wildman–Crippen MR) is 59.0 cm³/mol. The van der Waals surface area contributed by atoms with Crippen molar-refractivity contribution in [3.63, 3.8) is 0 Å². The summed E-state index contributed by atoms with van der Waals surface area (Å²) in [5.74, 6) is -2.89. The molecule has 0 bridgehead atoms. The zero-order valence-corrected chi connectivity index (χ0v) is 9.86. The Morgan fingerprint density at radius 2 is 1.81 bits per heavy atom. The third-order valence-electron chi connectivity index (χ3n) is 3.59. The predicted octanol–water partition coefficient (Wildman–Crippen LogP) is 2.15. The van der Waals surface area contributed by atoms with Crippen LogP contribution >= 0.6 is 0 Å². The van der Waals surface area contributed by atoms with Crippen LogP contribution in [0.1, 0.15) is 33.6 Å². The summed E-state index contributed by atoms with van der Waals surface area (Å²) < 4.78 is 0. The van der Waals surface area contributed by atoms with Crippen molar-refractivity contribution in [2.45, 2.75) is 33.6 Å². The fraction of sp³-hybridized carbons (Fsp3) is 0.667. The summed E-state index contributed by atoms with van der Waals surface area (Å²) in [6.07, 6.45) is 4.10. The van der Waals surface area contributed by atoms with Gasteiger partial charge in [0.25, 0.3) is 0 Å². The van der Waals surface area contributed by atoms with E-state index in [1.807, 2.05) is 0 Å². The molecule has 2 atom stereocenters. The van der Waals surface area contributed by atoms with Crippen LogP contribution in [0.5, 0.6) is 0 Å². The van der Waals surface area contributed by atoms with Crippen LogP contribution in [0.3, 0.4) is 0 Å². The molecule has 0 heterocycles. The summed E-state index contributed by atoms with van der Waals surface area (Å²) >= 11 is 0. The van der Waals surface area contributed by atoms with Crippen molar-refractivity contribution in [3.8, 4) is 0 Å². The summed E-state index contributed by atoms with van der Waals surface area (Å²) in [7, 11) is 0. The van der Waals surface area contributed by atoms with Gasteiger partial charge < -0.3 is 10.2 Å². The molecule has 4 heteroatoms. The van der Waals surface area contributed by atoms with E-state index in [2.05, 4.69) is 0 Å². The molecule has 1 rings (SSSR count). The van der Waals surface area contributed by atoms with E-state index in [0.29, 0.717) is 6.42 Å². The van der Waals surface area contributed by atoms with Crippen LogP contribution in [0.25, 0.3) is 0 Å². The molecule has 0 radical (unpaired) electrons. The minimum atomic E-state index is -1.21. The molecule has 0 aromatic carbocycles. The lowest BCUT2D eigenvalue weighted by molar-refractivity contribution is -0.172. The molecule has 2 N–H and O–H groups in total. The molecule has 0 aromatic rings. The molecule has 90 valence electrons. The molecule has 0 saturated heterocycles. The van der Waals surface area contributed by atoms with Gasteiger partial charge in [-0.25, -0.2) is 0 Å². The van der Waals surface area contributed by atoms with Gasteiger partial charge in [-0.3, -0.25) is 9.59 Å². The van der Waals surface area contributed by atoms with Gasteiger partial charge in [0.2, 0.25) is 0 Å². The second-order valence-electron chi connectivity index (χ2n) is 5.33. The fourth-order valence-corrected chi connectivity index (χ4v) is 2.54. The molecule has 2 unspecified atom stereocenters. The van der Waals surface area contributed by atoms with E-state index in [1.165, 1.54) is 0 Å². The third-order valence-corrected chi connectivity index (χ3v) is 3.59. The van der Waals surface area contributed by atoms with Crippen molar-refractivity contribution < 1.29 is 19.8 Å². The minimum absolute atomic E-state index is 0.281. The highest BCUT2D eigenvalue weighted by molar-refractivity contribution is 5.85. The van der Waals surface area contributed by atoms with Crippen molar-refractivity contribution in [2.75, 3.05) is 0 Å². The van der Waals surface area contributed by atoms with Crippen molar-refractivity contribution >= 4 is 11.9 Å². The first-order chi connectivity index (χ1) is 7.23. The van der Waals surface area contributed by atoms with Gasteiger partial charge in [-0.15, -0.1) is 0 Å². The molecule has 16 heavy (non-hydrogen) atoms. The molecule has 4 nitrogen and oxygen atoms in total. The number of carbonyl (C=O) groups is 2. The zero-order chi connectivity index (χ0) is 12.6. The molecule has 1 aliphatic rings. The number of carboxylic acid groups (broad SMARTS) is 2. The number of hydrogen-bond acceptors (Lipinski definition) is 2. The average molecular weight is 226 g/mol. The highest BCUT2D eigenvalue weighted by Crippen LogP contribution is 2.51. The van der Waals surface area contributed by atoms with E-state index in [4.69, 9.17) is 0 Å². The normalized spacial score (nSPS) is 30.1. The van der Waals surface area contributed by atoms with Gasteiger partial charge in [-0.2, -0.15) is 0 Å². The van der Waals surface area contributed by atoms with E-state index < -0.39 is 28.7 Å². The summed E-state index contributed by atoms with van der Waals surface area (Å²) in [5, 5.41) is 18.6. The van der Waals surface area contributed by atoms with Gasteiger partial charge >= 0.3 is 11.9 Å². The van der Waals surface area contributed by atoms with Gasteiger partial charge in [-0.1, -0.05) is 32.9 Å². The van der Waals surface area contributed by atoms with Crippen LogP contribution in [0.2, 0.25) is 0 Å². The van der Waals surface area contributed by atoms with Crippen molar-refractivity contribution in [1.29, 1.82) is 0 Å². The largest absolute Gasteiger partial charge is 0.481 e. The summed E-state index contributed by atoms with van der Waals surface area (Å²) in [6.45, 7) is 5.36. The lowest BCUT2D eigenvalue weighted by atomic mass is 9.55. The Kier molecular flexibility index (Phi) is 3.13. The van der Waals surface area contributed by atoms with Crippen LogP contribution in [0.15, 0.2) is 12.2 Å². The molecule has 0 aromatic heterocycles. The maximum Gasteiger partial charge on any atom is 0.311 e. The van der Waals surface area contributed by atoms with Crippen LogP contribution < -0.4 is 0 Å². The number of rotatable bonds is 2. The fourth-order valence-electron chi connectivity index (χ4n) is 2.54. The minimum Gasteiger partial charge on any atom is -0.481 e. The van der Waals surface area contributed by atoms with Gasteiger partial charge in [0.1, 0.15) is 0 Å². The second kappa shape index (κ2) is 3.92. The first kappa shape index (κ1) is 12.7. The molecular formula is C12H18O4. The first-order valence-electron chi connectivity index (χ1n) is 5.34. The Bertz CT molecular complexity index is 337. The van der Waals surface area contributed by atoms with Gasteiger partial charge in [0, 0.05) is 0 Å². The standard InChI is InChI=1S/C12H18O4/c1-11(2,3)12(10(15)16)7-5-4-6-8(12)9(13)14/h4-5,8H,6-7H2,1-3H3,(H,13,14)(H,15,16). The Labute approximate surface area is 95.0 Å². The van der Waals surface area contributed by atoms with Gasteiger partial charge in [0.15, 0.2) is 0 Å². The van der Waals surface area contributed by atoms with Crippen LogP contribution in [0.4, 0.5) is 0 Å². The molecule has 0 amide bonds. The molecule has 1 aliphatic carbocycles. The van der Waals surface area contributed by atoms with E-state index in [-0.39, 0.29) is 6.42 Å². The van der Waals surface area contributed by atoms with Crippen molar-refractivity contribution in [3.05, 3.63) is 12.2 Å². The molecule has 0 spiro atoms. The van der Waals surface area contributed by atoms with Crippen molar-refractivity contribution in [2.24, 2.45) is 16.7 Å². The number of allylic oxidation sites excluding steroid dienone is 2. The van der Waals surface area contributed by atoms with Crippen LogP contribution in [0, 0.1) is 16.7 Å². The SMILES string of the molecule is CC(C)(C)C1(C(=O)O)CC=CCC1C(=O)O. The maximum absolute atomic E-state index is 11.5. The summed E-state index contributed by atoms with van der Waals surface area (Å²) in [4.78, 5) is 22.8. The quantitative estimate of drug-likeness (QED) is 0.707. The lowest BCUT2D eigenvalue weighted by Gasteiger charge is -2.45. The van der Waals surface area contributed by atoms with Gasteiger partial charge in [0.05, 0.1) is 11.3 Å². The maximum atomic E-state index is 11.5. The monoisotopic (exact) mass is 226 g/mol. The smallest absolute Gasteiger partial charge is 0.311 e. The van der Waals surface area contributed by atoms with Gasteiger partial charge in [-0.05, 0) is 18.3 Å². The molecule has 0 fully saturated rings. The Morgan fingerprint density at radius 3 is 2.12 bits per heavy atom. The number of aliphatic carboxylic acids is 2. The molecule has 0 aliphatic heterocycles. The van der Waals surface area contributed by atoms with E-state index in [9.17, 15) is 19.8 Å². The first-order valence-corrected chi connectivity index (χ1v) is 5.34. The number of hydrogen-bond donors (Lipinski definition) is 2. The molecule has 0 saturated carbocycles. The average Bonchev–Trinajstić information content (AvgIpc) is 2.15. The van der Waals surface area contributed by atoms with E-state index in [1.54, 1.807) is 32.9 Å². The van der Waals surface area contributed by atoms with Crippen LogP contribution in [-0.2, 0) is 9.59 Å². The third kappa shape index (κ3) is 1.72. The van der Waals surface area contributed by atoms with Crippen LogP contribution in [-0.4, -0.2) is 22.2 Å². The lowest BCUT2D eigenvalue weighted by Crippen LogP contribution is -2.52. The zero-order valence-electron chi connectivity index (χ0n) is 9.86. The van der Waals surface area contributed by atoms with E-state index in [0.717, 1.165) is 0 Å². The Balaban J connectivity index is 3.32. The van der Waals surface area contributed by atoms with E-state index >= 15 is 0 Å². The summed E-state index contributed by atoms with van der Waals surface area (Å²) in [5.41, 5.74) is -1.81. The molecular weight excluding hydrogens is 208 g/mol. The highest BCUT2D eigenvalue weighted by Gasteiger charge is 2.56. The Morgan fingerprint density at radius 1 is 1.25 bits per heavy atom. The highest BCUT2D eigenvalue weighted by atomic mass is 16.4. The Hall–Kier alpha value is -1.32. The topological polar surface area (TPSA) is 74.6 Å². The van der Waals surface area contributed by atoms with Crippen molar-refractivity contribution in [1.82, 2.24) is 0 Å². The second-order valence-corrected chi connectivity index (χ2v) is 5.33.